The lowest BCUT2D eigenvalue weighted by Crippen LogP contribution is -2.32. The fraction of sp³-hybridized carbons (Fsp3) is 0.238. The summed E-state index contributed by atoms with van der Waals surface area (Å²) in [4.78, 5) is 13.7. The average Bonchev–Trinajstić information content (AvgIpc) is 3.15. The number of amides is 1. The van der Waals surface area contributed by atoms with Crippen molar-refractivity contribution in [2.24, 2.45) is 0 Å². The van der Waals surface area contributed by atoms with E-state index in [0.29, 0.717) is 4.68 Å². The molecule has 0 fully saturated rings. The standard InChI is InChI=1S/C21H19F4N3O2/c1-14-7-9-15(10-8-14)28-19(21(23,24)25)16(13-26-28)20(29)27(2)11-12-30-18-6-4-3-5-17(18)22/h3-10,13H,11-12H2,1-2H3. The van der Waals surface area contributed by atoms with Gasteiger partial charge in [-0.05, 0) is 31.2 Å². The fourth-order valence-corrected chi connectivity index (χ4v) is 2.82. The van der Waals surface area contributed by atoms with Crippen molar-refractivity contribution in [1.82, 2.24) is 14.7 Å². The quantitative estimate of drug-likeness (QED) is 0.551. The highest BCUT2D eigenvalue weighted by atomic mass is 19.4. The van der Waals surface area contributed by atoms with Crippen LogP contribution in [0.3, 0.4) is 0 Å². The average molecular weight is 421 g/mol. The van der Waals surface area contributed by atoms with Gasteiger partial charge in [-0.2, -0.15) is 18.3 Å². The maximum atomic E-state index is 13.8. The molecule has 0 atom stereocenters. The molecule has 2 aromatic carbocycles. The highest BCUT2D eigenvalue weighted by molar-refractivity contribution is 5.95. The third-order valence-electron chi connectivity index (χ3n) is 4.41. The number of likely N-dealkylation sites (N-methyl/N-ethyl adjacent to an activating group) is 1. The van der Waals surface area contributed by atoms with Crippen LogP contribution in [-0.2, 0) is 6.18 Å². The minimum Gasteiger partial charge on any atom is -0.489 e. The maximum absolute atomic E-state index is 13.8. The Hall–Kier alpha value is -3.36. The lowest BCUT2D eigenvalue weighted by Gasteiger charge is -2.19. The van der Waals surface area contributed by atoms with Crippen LogP contribution >= 0.6 is 0 Å². The van der Waals surface area contributed by atoms with Gasteiger partial charge >= 0.3 is 6.18 Å². The number of carbonyl (C=O) groups is 1. The predicted octanol–water partition coefficient (Wildman–Crippen LogP) is 4.49. The van der Waals surface area contributed by atoms with E-state index in [-0.39, 0.29) is 24.6 Å². The number of ether oxygens (including phenoxy) is 1. The summed E-state index contributed by atoms with van der Waals surface area (Å²) in [5.41, 5.74) is -0.655. The van der Waals surface area contributed by atoms with E-state index < -0.39 is 29.2 Å². The zero-order valence-corrected chi connectivity index (χ0v) is 16.3. The first-order valence-corrected chi connectivity index (χ1v) is 9.03. The van der Waals surface area contributed by atoms with Crippen LogP contribution in [0.25, 0.3) is 5.69 Å². The molecule has 0 radical (unpaired) electrons. The molecular formula is C21H19F4N3O2. The van der Waals surface area contributed by atoms with Gasteiger partial charge in [-0.15, -0.1) is 0 Å². The summed E-state index contributed by atoms with van der Waals surface area (Å²) < 4.78 is 60.8. The first kappa shape index (κ1) is 21.4. The van der Waals surface area contributed by atoms with E-state index in [1.54, 1.807) is 18.2 Å². The molecule has 3 rings (SSSR count). The lowest BCUT2D eigenvalue weighted by atomic mass is 10.2. The van der Waals surface area contributed by atoms with Gasteiger partial charge < -0.3 is 9.64 Å². The summed E-state index contributed by atoms with van der Waals surface area (Å²) >= 11 is 0. The first-order chi connectivity index (χ1) is 14.2. The third kappa shape index (κ3) is 4.61. The van der Waals surface area contributed by atoms with Gasteiger partial charge in [0.05, 0.1) is 24.0 Å². The molecule has 0 bridgehead atoms. The molecule has 0 aliphatic rings. The minimum absolute atomic E-state index is 0.00141. The number of aromatic nitrogens is 2. The van der Waals surface area contributed by atoms with Gasteiger partial charge in [0.2, 0.25) is 0 Å². The number of rotatable bonds is 6. The van der Waals surface area contributed by atoms with Crippen molar-refractivity contribution >= 4 is 5.91 Å². The molecule has 30 heavy (non-hydrogen) atoms. The van der Waals surface area contributed by atoms with Crippen LogP contribution in [-0.4, -0.2) is 40.8 Å². The van der Waals surface area contributed by atoms with E-state index in [1.807, 2.05) is 6.92 Å². The highest BCUT2D eigenvalue weighted by Crippen LogP contribution is 2.34. The summed E-state index contributed by atoms with van der Waals surface area (Å²) in [5.74, 6) is -1.43. The molecular weight excluding hydrogens is 402 g/mol. The molecule has 1 aromatic heterocycles. The van der Waals surface area contributed by atoms with E-state index in [2.05, 4.69) is 5.10 Å². The Labute approximate surface area is 170 Å². The second-order valence-electron chi connectivity index (χ2n) is 6.66. The Morgan fingerprint density at radius 1 is 1.13 bits per heavy atom. The van der Waals surface area contributed by atoms with Crippen molar-refractivity contribution < 1.29 is 27.1 Å². The van der Waals surface area contributed by atoms with Crippen LogP contribution in [0.5, 0.6) is 5.75 Å². The van der Waals surface area contributed by atoms with Gasteiger partial charge in [-0.1, -0.05) is 29.8 Å². The molecule has 1 amide bonds. The Kier molecular flexibility index (Phi) is 6.09. The molecule has 0 N–H and O–H groups in total. The number of benzene rings is 2. The molecule has 0 saturated carbocycles. The minimum atomic E-state index is -4.79. The first-order valence-electron chi connectivity index (χ1n) is 9.03. The van der Waals surface area contributed by atoms with Gasteiger partial charge in [0, 0.05) is 7.05 Å². The number of aryl methyl sites for hydroxylation is 1. The maximum Gasteiger partial charge on any atom is 0.434 e. The molecule has 1 heterocycles. The summed E-state index contributed by atoms with van der Waals surface area (Å²) in [6.07, 6.45) is -3.89. The van der Waals surface area contributed by atoms with E-state index in [0.717, 1.165) is 16.7 Å². The van der Waals surface area contributed by atoms with E-state index in [1.165, 1.54) is 37.4 Å². The molecule has 0 spiro atoms. The van der Waals surface area contributed by atoms with Crippen molar-refractivity contribution in [3.05, 3.63) is 77.4 Å². The summed E-state index contributed by atoms with van der Waals surface area (Å²) in [6, 6.07) is 12.0. The fourth-order valence-electron chi connectivity index (χ4n) is 2.82. The number of alkyl halides is 3. The predicted molar refractivity (Wildman–Crippen MR) is 102 cm³/mol. The molecule has 3 aromatic rings. The Balaban J connectivity index is 1.79. The normalized spacial score (nSPS) is 11.4. The third-order valence-corrected chi connectivity index (χ3v) is 4.41. The van der Waals surface area contributed by atoms with Crippen molar-refractivity contribution in [3.63, 3.8) is 0 Å². The molecule has 0 unspecified atom stereocenters. The molecule has 0 aliphatic heterocycles. The summed E-state index contributed by atoms with van der Waals surface area (Å²) in [7, 11) is 1.34. The van der Waals surface area contributed by atoms with Crippen LogP contribution in [0, 0.1) is 12.7 Å². The Morgan fingerprint density at radius 2 is 1.80 bits per heavy atom. The van der Waals surface area contributed by atoms with Crippen molar-refractivity contribution in [2.75, 3.05) is 20.2 Å². The van der Waals surface area contributed by atoms with Crippen LogP contribution in [0.15, 0.2) is 54.7 Å². The van der Waals surface area contributed by atoms with Crippen LogP contribution in [0.2, 0.25) is 0 Å². The van der Waals surface area contributed by atoms with Crippen LogP contribution in [0.4, 0.5) is 17.6 Å². The van der Waals surface area contributed by atoms with Gasteiger partial charge in [0.25, 0.3) is 5.91 Å². The zero-order valence-electron chi connectivity index (χ0n) is 16.3. The van der Waals surface area contributed by atoms with Crippen molar-refractivity contribution in [3.8, 4) is 11.4 Å². The Bertz CT molecular complexity index is 1030. The monoisotopic (exact) mass is 421 g/mol. The number of hydrogen-bond donors (Lipinski definition) is 0. The van der Waals surface area contributed by atoms with E-state index in [4.69, 9.17) is 4.74 Å². The number of para-hydroxylation sites is 1. The van der Waals surface area contributed by atoms with Gasteiger partial charge in [-0.25, -0.2) is 9.07 Å². The van der Waals surface area contributed by atoms with E-state index >= 15 is 0 Å². The van der Waals surface area contributed by atoms with Gasteiger partial charge in [0.1, 0.15) is 6.61 Å². The van der Waals surface area contributed by atoms with E-state index in [9.17, 15) is 22.4 Å². The molecule has 0 saturated heterocycles. The second-order valence-corrected chi connectivity index (χ2v) is 6.66. The number of nitrogens with zero attached hydrogens (tertiary/aromatic N) is 3. The SMILES string of the molecule is Cc1ccc(-n2ncc(C(=O)N(C)CCOc3ccccc3F)c2C(F)(F)F)cc1. The Morgan fingerprint density at radius 3 is 2.43 bits per heavy atom. The molecule has 5 nitrogen and oxygen atoms in total. The largest absolute Gasteiger partial charge is 0.489 e. The summed E-state index contributed by atoms with van der Waals surface area (Å²) in [5, 5.41) is 3.79. The van der Waals surface area contributed by atoms with Gasteiger partial charge in [0.15, 0.2) is 17.3 Å². The topological polar surface area (TPSA) is 47.4 Å². The summed E-state index contributed by atoms with van der Waals surface area (Å²) in [6.45, 7) is 1.68. The highest BCUT2D eigenvalue weighted by Gasteiger charge is 2.41. The van der Waals surface area contributed by atoms with Crippen LogP contribution < -0.4 is 4.74 Å². The number of carbonyl (C=O) groups excluding carboxylic acids is 1. The number of hydrogen-bond acceptors (Lipinski definition) is 3. The zero-order chi connectivity index (χ0) is 21.9. The van der Waals surface area contributed by atoms with Gasteiger partial charge in [-0.3, -0.25) is 4.79 Å². The van der Waals surface area contributed by atoms with Crippen molar-refractivity contribution in [1.29, 1.82) is 0 Å². The smallest absolute Gasteiger partial charge is 0.434 e. The second kappa shape index (κ2) is 8.56. The molecule has 9 heteroatoms. The molecule has 0 aliphatic carbocycles. The lowest BCUT2D eigenvalue weighted by molar-refractivity contribution is -0.143. The number of halogens is 4. The molecule has 158 valence electrons. The van der Waals surface area contributed by atoms with Crippen LogP contribution in [0.1, 0.15) is 21.6 Å². The van der Waals surface area contributed by atoms with Crippen molar-refractivity contribution in [2.45, 2.75) is 13.1 Å².